The van der Waals surface area contributed by atoms with E-state index in [9.17, 15) is 22.0 Å². The summed E-state index contributed by atoms with van der Waals surface area (Å²) in [6, 6.07) is 15.8. The molecule has 0 radical (unpaired) electrons. The molecular formula is C24H19F5O. The zero-order chi connectivity index (χ0) is 21.7. The van der Waals surface area contributed by atoms with Crippen molar-refractivity contribution in [1.82, 2.24) is 0 Å². The first-order valence-electron chi connectivity index (χ1n) is 9.37. The topological polar surface area (TPSA) is 9.23 Å². The molecule has 0 spiro atoms. The molecule has 3 aromatic rings. The first-order valence-corrected chi connectivity index (χ1v) is 9.37. The molecule has 3 rings (SSSR count). The minimum absolute atomic E-state index is 0.362. The smallest absolute Gasteiger partial charge is 0.419 e. The van der Waals surface area contributed by atoms with Gasteiger partial charge in [-0.1, -0.05) is 61.9 Å². The standard InChI is InChI=1S/C24H19F5O/c1-2-3-16-4-8-18(9-5-16)19-10-6-17(7-11-19)12-13-24(28,29)30-20-14-21(25)23(27)22(26)15-20/h4-15H,2-3H2,1H3. The zero-order valence-corrected chi connectivity index (χ0v) is 16.1. The Bertz CT molecular complexity index is 1000. The van der Waals surface area contributed by atoms with Crippen LogP contribution in [0, 0.1) is 17.5 Å². The molecule has 0 amide bonds. The predicted molar refractivity (Wildman–Crippen MR) is 107 cm³/mol. The van der Waals surface area contributed by atoms with Gasteiger partial charge in [0.25, 0.3) is 0 Å². The Morgan fingerprint density at radius 1 is 0.833 bits per heavy atom. The van der Waals surface area contributed by atoms with E-state index in [2.05, 4.69) is 23.8 Å². The second-order valence-corrected chi connectivity index (χ2v) is 6.77. The van der Waals surface area contributed by atoms with Gasteiger partial charge in [-0.15, -0.1) is 0 Å². The highest BCUT2D eigenvalue weighted by molar-refractivity contribution is 5.66. The van der Waals surface area contributed by atoms with Crippen LogP contribution in [0.4, 0.5) is 22.0 Å². The van der Waals surface area contributed by atoms with Crippen molar-refractivity contribution in [3.8, 4) is 16.9 Å². The third-order valence-electron chi connectivity index (χ3n) is 4.42. The van der Waals surface area contributed by atoms with Gasteiger partial charge >= 0.3 is 6.11 Å². The lowest BCUT2D eigenvalue weighted by atomic mass is 10.0. The number of hydrogen-bond donors (Lipinski definition) is 0. The fourth-order valence-electron chi connectivity index (χ4n) is 2.91. The number of benzene rings is 3. The number of rotatable bonds is 7. The summed E-state index contributed by atoms with van der Waals surface area (Å²) in [6.07, 6.45) is -0.174. The molecule has 0 aliphatic carbocycles. The van der Waals surface area contributed by atoms with E-state index in [1.807, 2.05) is 12.1 Å². The van der Waals surface area contributed by atoms with E-state index in [-0.39, 0.29) is 0 Å². The van der Waals surface area contributed by atoms with Crippen LogP contribution in [0.5, 0.6) is 5.75 Å². The largest absolute Gasteiger partial charge is 0.429 e. The molecule has 0 fully saturated rings. The van der Waals surface area contributed by atoms with Crippen molar-refractivity contribution >= 4 is 6.08 Å². The molecule has 30 heavy (non-hydrogen) atoms. The quantitative estimate of drug-likeness (QED) is 0.287. The Morgan fingerprint density at radius 2 is 1.37 bits per heavy atom. The highest BCUT2D eigenvalue weighted by Crippen LogP contribution is 2.27. The van der Waals surface area contributed by atoms with Crippen molar-refractivity contribution in [2.24, 2.45) is 0 Å². The molecule has 1 nitrogen and oxygen atoms in total. The third kappa shape index (κ3) is 5.47. The van der Waals surface area contributed by atoms with E-state index in [0.717, 1.165) is 30.0 Å². The van der Waals surface area contributed by atoms with Gasteiger partial charge in [-0.05, 0) is 34.8 Å². The number of halogens is 5. The van der Waals surface area contributed by atoms with Crippen LogP contribution >= 0.6 is 0 Å². The lowest BCUT2D eigenvalue weighted by Gasteiger charge is -2.14. The first kappa shape index (κ1) is 21.6. The normalized spacial score (nSPS) is 11.8. The number of hydrogen-bond acceptors (Lipinski definition) is 1. The van der Waals surface area contributed by atoms with Gasteiger partial charge in [-0.25, -0.2) is 13.2 Å². The van der Waals surface area contributed by atoms with Crippen LogP contribution < -0.4 is 4.74 Å². The molecule has 0 heterocycles. The molecule has 0 aliphatic heterocycles. The van der Waals surface area contributed by atoms with Gasteiger partial charge in [0.2, 0.25) is 0 Å². The molecule has 0 N–H and O–H groups in total. The molecular weight excluding hydrogens is 399 g/mol. The molecule has 0 atom stereocenters. The van der Waals surface area contributed by atoms with E-state index in [1.165, 1.54) is 5.56 Å². The van der Waals surface area contributed by atoms with Gasteiger partial charge in [0.05, 0.1) is 0 Å². The van der Waals surface area contributed by atoms with Gasteiger partial charge in [-0.2, -0.15) is 8.78 Å². The number of alkyl halides is 2. The fourth-order valence-corrected chi connectivity index (χ4v) is 2.91. The SMILES string of the molecule is CCCc1ccc(-c2ccc(C=CC(F)(F)Oc3cc(F)c(F)c(F)c3)cc2)cc1. The lowest BCUT2D eigenvalue weighted by molar-refractivity contribution is -0.131. The van der Waals surface area contributed by atoms with Crippen molar-refractivity contribution in [3.05, 3.63) is 95.3 Å². The average molecular weight is 418 g/mol. The second kappa shape index (κ2) is 9.11. The molecule has 6 heteroatoms. The van der Waals surface area contributed by atoms with E-state index in [0.29, 0.717) is 23.8 Å². The summed E-state index contributed by atoms with van der Waals surface area (Å²) in [6.45, 7) is 2.12. The summed E-state index contributed by atoms with van der Waals surface area (Å²) in [5, 5.41) is 0. The molecule has 0 saturated heterocycles. The van der Waals surface area contributed by atoms with Crippen LogP contribution in [-0.2, 0) is 6.42 Å². The summed E-state index contributed by atoms with van der Waals surface area (Å²) < 4.78 is 71.4. The van der Waals surface area contributed by atoms with Crippen molar-refractivity contribution in [2.45, 2.75) is 25.9 Å². The average Bonchev–Trinajstić information content (AvgIpc) is 2.71. The van der Waals surface area contributed by atoms with Crippen LogP contribution in [0.25, 0.3) is 17.2 Å². The van der Waals surface area contributed by atoms with Crippen molar-refractivity contribution < 1.29 is 26.7 Å². The van der Waals surface area contributed by atoms with Gasteiger partial charge in [0.15, 0.2) is 17.5 Å². The highest BCUT2D eigenvalue weighted by Gasteiger charge is 2.28. The van der Waals surface area contributed by atoms with Crippen LogP contribution in [-0.4, -0.2) is 6.11 Å². The molecule has 3 aromatic carbocycles. The zero-order valence-electron chi connectivity index (χ0n) is 16.1. The fraction of sp³-hybridized carbons (Fsp3) is 0.167. The second-order valence-electron chi connectivity index (χ2n) is 6.77. The molecule has 0 aliphatic rings. The van der Waals surface area contributed by atoms with Gasteiger partial charge in [0, 0.05) is 18.2 Å². The maximum atomic E-state index is 14.0. The predicted octanol–water partition coefficient (Wildman–Crippen LogP) is 7.41. The molecule has 156 valence electrons. The van der Waals surface area contributed by atoms with E-state index < -0.39 is 29.3 Å². The Hall–Kier alpha value is -3.15. The highest BCUT2D eigenvalue weighted by atomic mass is 19.3. The maximum absolute atomic E-state index is 14.0. The summed E-state index contributed by atoms with van der Waals surface area (Å²) in [7, 11) is 0. The Labute approximate surface area is 171 Å². The molecule has 0 unspecified atom stereocenters. The Balaban J connectivity index is 1.69. The van der Waals surface area contributed by atoms with Gasteiger partial charge < -0.3 is 4.74 Å². The van der Waals surface area contributed by atoms with Crippen LogP contribution in [0.2, 0.25) is 0 Å². The van der Waals surface area contributed by atoms with Crippen molar-refractivity contribution in [1.29, 1.82) is 0 Å². The van der Waals surface area contributed by atoms with Crippen molar-refractivity contribution in [2.75, 3.05) is 0 Å². The monoisotopic (exact) mass is 418 g/mol. The summed E-state index contributed by atoms with van der Waals surface area (Å²) in [5.41, 5.74) is 3.69. The minimum Gasteiger partial charge on any atom is -0.429 e. The van der Waals surface area contributed by atoms with E-state index in [4.69, 9.17) is 0 Å². The van der Waals surface area contributed by atoms with Crippen LogP contribution in [0.15, 0.2) is 66.7 Å². The maximum Gasteiger partial charge on any atom is 0.419 e. The van der Waals surface area contributed by atoms with Crippen LogP contribution in [0.3, 0.4) is 0 Å². The van der Waals surface area contributed by atoms with E-state index >= 15 is 0 Å². The Morgan fingerprint density at radius 3 is 1.90 bits per heavy atom. The van der Waals surface area contributed by atoms with Crippen molar-refractivity contribution in [3.63, 3.8) is 0 Å². The summed E-state index contributed by atoms with van der Waals surface area (Å²) >= 11 is 0. The first-order chi connectivity index (χ1) is 14.3. The third-order valence-corrected chi connectivity index (χ3v) is 4.42. The van der Waals surface area contributed by atoms with Gasteiger partial charge in [-0.3, -0.25) is 0 Å². The molecule has 0 saturated carbocycles. The summed E-state index contributed by atoms with van der Waals surface area (Å²) in [5.74, 6) is -5.78. The van der Waals surface area contributed by atoms with E-state index in [1.54, 1.807) is 24.3 Å². The Kier molecular flexibility index (Phi) is 6.55. The van der Waals surface area contributed by atoms with Gasteiger partial charge in [0.1, 0.15) is 5.75 Å². The summed E-state index contributed by atoms with van der Waals surface area (Å²) in [4.78, 5) is 0. The molecule has 0 aromatic heterocycles. The number of aryl methyl sites for hydroxylation is 1. The number of ether oxygens (including phenoxy) is 1. The minimum atomic E-state index is -3.84. The van der Waals surface area contributed by atoms with Crippen LogP contribution in [0.1, 0.15) is 24.5 Å². The molecule has 0 bridgehead atoms. The lowest BCUT2D eigenvalue weighted by Crippen LogP contribution is -2.21.